The smallest absolute Gasteiger partial charge is 0.228 e. The van der Waals surface area contributed by atoms with E-state index >= 15 is 0 Å². The van der Waals surface area contributed by atoms with Gasteiger partial charge < -0.3 is 19.4 Å². The van der Waals surface area contributed by atoms with E-state index < -0.39 is 0 Å². The lowest BCUT2D eigenvalue weighted by Crippen LogP contribution is -2.51. The number of likely N-dealkylation sites (tertiary alicyclic amines) is 1. The van der Waals surface area contributed by atoms with Crippen LogP contribution in [0.3, 0.4) is 0 Å². The number of fused-ring (bicyclic) bond motifs is 1. The van der Waals surface area contributed by atoms with Gasteiger partial charge in [-0.25, -0.2) is 9.97 Å². The van der Waals surface area contributed by atoms with Crippen LogP contribution in [0.5, 0.6) is 0 Å². The number of piperidine rings is 1. The third-order valence-electron chi connectivity index (χ3n) is 6.15. The zero-order valence-electron chi connectivity index (χ0n) is 17.1. The molecule has 5 rings (SSSR count). The van der Waals surface area contributed by atoms with Gasteiger partial charge in [-0.05, 0) is 43.5 Å². The van der Waals surface area contributed by atoms with Crippen molar-refractivity contribution < 1.29 is 13.9 Å². The van der Waals surface area contributed by atoms with Gasteiger partial charge in [0.25, 0.3) is 0 Å². The molecule has 4 heterocycles. The highest BCUT2D eigenvalue weighted by atomic mass is 16.5. The number of nitrogens with one attached hydrogen (secondary N) is 1. The first-order valence-corrected chi connectivity index (χ1v) is 10.5. The standard InChI is InChI=1S/C23H26N4O3/c1-23(13-29-14-23)12-27-6-4-16(5-7-27)22(28)26-21-9-19-8-17(20-11-24-15-30-20)2-3-18(19)10-25-21/h2-3,8-11,15-16H,4-7,12-14H2,1H3,(H,25,26,28). The minimum absolute atomic E-state index is 0.0321. The van der Waals surface area contributed by atoms with Gasteiger partial charge in [0.2, 0.25) is 5.91 Å². The molecule has 2 aliphatic heterocycles. The Kier molecular flexibility index (Phi) is 5.00. The Morgan fingerprint density at radius 2 is 2.03 bits per heavy atom. The summed E-state index contributed by atoms with van der Waals surface area (Å²) >= 11 is 0. The van der Waals surface area contributed by atoms with Crippen LogP contribution in [-0.4, -0.2) is 53.6 Å². The molecule has 0 radical (unpaired) electrons. The molecular weight excluding hydrogens is 380 g/mol. The number of aromatic nitrogens is 2. The predicted octanol–water partition coefficient (Wildman–Crippen LogP) is 3.58. The van der Waals surface area contributed by atoms with Gasteiger partial charge in [0.1, 0.15) is 5.82 Å². The molecule has 1 amide bonds. The molecule has 2 saturated heterocycles. The molecule has 1 N–H and O–H groups in total. The number of anilines is 1. The van der Waals surface area contributed by atoms with Crippen molar-refractivity contribution >= 4 is 22.5 Å². The Hall–Kier alpha value is -2.77. The summed E-state index contributed by atoms with van der Waals surface area (Å²) in [7, 11) is 0. The van der Waals surface area contributed by atoms with E-state index in [9.17, 15) is 4.79 Å². The number of oxazole rings is 1. The van der Waals surface area contributed by atoms with Crippen molar-refractivity contribution in [2.75, 3.05) is 38.2 Å². The summed E-state index contributed by atoms with van der Waals surface area (Å²) < 4.78 is 10.7. The molecule has 0 saturated carbocycles. The monoisotopic (exact) mass is 406 g/mol. The van der Waals surface area contributed by atoms with Gasteiger partial charge >= 0.3 is 0 Å². The minimum atomic E-state index is 0.0321. The molecule has 0 atom stereocenters. The minimum Gasteiger partial charge on any atom is -0.444 e. The van der Waals surface area contributed by atoms with Gasteiger partial charge in [-0.2, -0.15) is 0 Å². The van der Waals surface area contributed by atoms with Gasteiger partial charge in [0, 0.05) is 35.0 Å². The number of ether oxygens (including phenoxy) is 1. The number of rotatable bonds is 5. The maximum atomic E-state index is 12.8. The van der Waals surface area contributed by atoms with Gasteiger partial charge in [-0.1, -0.05) is 19.1 Å². The molecule has 0 unspecified atom stereocenters. The normalized spacial score (nSPS) is 19.5. The summed E-state index contributed by atoms with van der Waals surface area (Å²) in [5, 5.41) is 5.03. The van der Waals surface area contributed by atoms with Gasteiger partial charge in [-0.15, -0.1) is 0 Å². The summed E-state index contributed by atoms with van der Waals surface area (Å²) in [6.07, 6.45) is 6.66. The Balaban J connectivity index is 1.22. The van der Waals surface area contributed by atoms with Crippen LogP contribution in [0.4, 0.5) is 5.82 Å². The first-order chi connectivity index (χ1) is 14.6. The van der Waals surface area contributed by atoms with E-state index in [1.165, 1.54) is 6.39 Å². The number of hydrogen-bond donors (Lipinski definition) is 1. The SMILES string of the molecule is CC1(CN2CCC(C(=O)Nc3cc4cc(-c5cnco5)ccc4cn3)CC2)COC1. The lowest BCUT2D eigenvalue weighted by molar-refractivity contribution is -0.125. The van der Waals surface area contributed by atoms with Crippen molar-refractivity contribution in [3.63, 3.8) is 0 Å². The molecule has 3 aromatic rings. The Bertz CT molecular complexity index is 1040. The molecule has 1 aromatic carbocycles. The second-order valence-electron chi connectivity index (χ2n) is 8.84. The lowest BCUT2D eigenvalue weighted by Gasteiger charge is -2.43. The molecule has 2 aromatic heterocycles. The van der Waals surface area contributed by atoms with Crippen LogP contribution in [0.1, 0.15) is 19.8 Å². The molecule has 2 fully saturated rings. The number of pyridine rings is 1. The highest BCUT2D eigenvalue weighted by molar-refractivity contribution is 5.94. The average molecular weight is 406 g/mol. The number of carbonyl (C=O) groups is 1. The van der Waals surface area contributed by atoms with E-state index in [0.717, 1.165) is 62.0 Å². The van der Waals surface area contributed by atoms with Crippen molar-refractivity contribution in [3.8, 4) is 11.3 Å². The molecule has 0 aliphatic carbocycles. The van der Waals surface area contributed by atoms with Crippen molar-refractivity contribution in [2.45, 2.75) is 19.8 Å². The molecule has 0 spiro atoms. The Morgan fingerprint density at radius 3 is 2.73 bits per heavy atom. The van der Waals surface area contributed by atoms with E-state index in [4.69, 9.17) is 9.15 Å². The molecule has 156 valence electrons. The zero-order valence-corrected chi connectivity index (χ0v) is 17.1. The van der Waals surface area contributed by atoms with Gasteiger partial charge in [0.05, 0.1) is 19.4 Å². The first kappa shape index (κ1) is 19.2. The third-order valence-corrected chi connectivity index (χ3v) is 6.15. The summed E-state index contributed by atoms with van der Waals surface area (Å²) in [5.41, 5.74) is 1.23. The van der Waals surface area contributed by atoms with Crippen LogP contribution in [0.15, 0.2) is 47.5 Å². The maximum absolute atomic E-state index is 12.8. The molecule has 2 aliphatic rings. The summed E-state index contributed by atoms with van der Waals surface area (Å²) in [5.74, 6) is 1.40. The highest BCUT2D eigenvalue weighted by Gasteiger charge is 2.36. The number of benzene rings is 1. The van der Waals surface area contributed by atoms with Crippen LogP contribution >= 0.6 is 0 Å². The summed E-state index contributed by atoms with van der Waals surface area (Å²) in [6, 6.07) is 7.91. The summed E-state index contributed by atoms with van der Waals surface area (Å²) in [4.78, 5) is 23.7. The Labute approximate surface area is 175 Å². The van der Waals surface area contributed by atoms with E-state index in [2.05, 4.69) is 27.1 Å². The van der Waals surface area contributed by atoms with Crippen LogP contribution in [0.25, 0.3) is 22.1 Å². The maximum Gasteiger partial charge on any atom is 0.228 e. The second-order valence-corrected chi connectivity index (χ2v) is 8.84. The van der Waals surface area contributed by atoms with Gasteiger partial charge in [0.15, 0.2) is 12.2 Å². The molecule has 30 heavy (non-hydrogen) atoms. The van der Waals surface area contributed by atoms with Crippen LogP contribution in [0, 0.1) is 11.3 Å². The molecular formula is C23H26N4O3. The number of nitrogens with zero attached hydrogens (tertiary/aromatic N) is 3. The molecule has 7 nitrogen and oxygen atoms in total. The van der Waals surface area contributed by atoms with Gasteiger partial charge in [-0.3, -0.25) is 4.79 Å². The van der Waals surface area contributed by atoms with Crippen LogP contribution < -0.4 is 5.32 Å². The largest absolute Gasteiger partial charge is 0.444 e. The van der Waals surface area contributed by atoms with E-state index in [-0.39, 0.29) is 17.2 Å². The predicted molar refractivity (Wildman–Crippen MR) is 114 cm³/mol. The lowest BCUT2D eigenvalue weighted by atomic mass is 9.86. The molecule has 0 bridgehead atoms. The second kappa shape index (κ2) is 7.81. The highest BCUT2D eigenvalue weighted by Crippen LogP contribution is 2.30. The van der Waals surface area contributed by atoms with E-state index in [1.54, 1.807) is 12.4 Å². The third kappa shape index (κ3) is 3.95. The van der Waals surface area contributed by atoms with Crippen LogP contribution in [0.2, 0.25) is 0 Å². The Morgan fingerprint density at radius 1 is 1.20 bits per heavy atom. The number of hydrogen-bond acceptors (Lipinski definition) is 6. The van der Waals surface area contributed by atoms with Crippen molar-refractivity contribution in [1.29, 1.82) is 0 Å². The fourth-order valence-electron chi connectivity index (χ4n) is 4.38. The van der Waals surface area contributed by atoms with E-state index in [1.807, 2.05) is 24.3 Å². The van der Waals surface area contributed by atoms with Crippen molar-refractivity contribution in [1.82, 2.24) is 14.9 Å². The number of carbonyl (C=O) groups excluding carboxylic acids is 1. The first-order valence-electron chi connectivity index (χ1n) is 10.5. The summed E-state index contributed by atoms with van der Waals surface area (Å²) in [6.45, 7) is 6.94. The van der Waals surface area contributed by atoms with Crippen molar-refractivity contribution in [3.05, 3.63) is 43.1 Å². The van der Waals surface area contributed by atoms with Crippen molar-refractivity contribution in [2.24, 2.45) is 11.3 Å². The fraction of sp³-hybridized carbons (Fsp3) is 0.435. The molecule has 7 heteroatoms. The van der Waals surface area contributed by atoms with Crippen LogP contribution in [-0.2, 0) is 9.53 Å². The number of amides is 1. The topological polar surface area (TPSA) is 80.5 Å². The zero-order chi connectivity index (χ0) is 20.6. The fourth-order valence-corrected chi connectivity index (χ4v) is 4.38. The average Bonchev–Trinajstić information content (AvgIpc) is 3.27. The van der Waals surface area contributed by atoms with E-state index in [0.29, 0.717) is 11.6 Å². The quantitative estimate of drug-likeness (QED) is 0.698.